The molecule has 0 amide bonds. The lowest BCUT2D eigenvalue weighted by Gasteiger charge is -2.24. The van der Waals surface area contributed by atoms with Crippen LogP contribution in [0.5, 0.6) is 0 Å². The second kappa shape index (κ2) is 10.9. The van der Waals surface area contributed by atoms with Crippen LogP contribution in [0.4, 0.5) is 11.4 Å². The van der Waals surface area contributed by atoms with Gasteiger partial charge in [-0.25, -0.2) is 4.68 Å². The maximum absolute atomic E-state index is 9.88. The number of rotatable bonds is 8. The van der Waals surface area contributed by atoms with Crippen molar-refractivity contribution in [2.75, 3.05) is 17.2 Å². The molecule has 1 fully saturated rings. The lowest BCUT2D eigenvalue weighted by molar-refractivity contribution is 0.443. The summed E-state index contributed by atoms with van der Waals surface area (Å²) in [6.07, 6.45) is 5.91. The molecule has 1 atom stereocenters. The largest absolute Gasteiger partial charge is 0.383 e. The molecule has 0 bridgehead atoms. The first-order chi connectivity index (χ1) is 19.8. The van der Waals surface area contributed by atoms with Crippen LogP contribution in [0.1, 0.15) is 62.5 Å². The van der Waals surface area contributed by atoms with E-state index >= 15 is 0 Å². The average Bonchev–Trinajstić information content (AvgIpc) is 3.71. The molecule has 0 aliphatic heterocycles. The third-order valence-corrected chi connectivity index (χ3v) is 7.47. The normalized spacial score (nSPS) is 14.0. The Kier molecular flexibility index (Phi) is 7.10. The predicted molar refractivity (Wildman–Crippen MR) is 165 cm³/mol. The number of aromatic nitrogens is 4. The number of nitrogens with one attached hydrogen (secondary N) is 2. The molecule has 7 nitrogen and oxygen atoms in total. The second-order valence-corrected chi connectivity index (χ2v) is 12.2. The number of nitriles is 1. The van der Waals surface area contributed by atoms with Crippen molar-refractivity contribution in [3.63, 3.8) is 0 Å². The number of fused-ring (bicyclic) bond motifs is 1. The van der Waals surface area contributed by atoms with Crippen molar-refractivity contribution in [3.05, 3.63) is 101 Å². The van der Waals surface area contributed by atoms with E-state index in [0.717, 1.165) is 57.5 Å². The Bertz CT molecular complexity index is 1740. The summed E-state index contributed by atoms with van der Waals surface area (Å²) in [5.74, 6) is 0. The van der Waals surface area contributed by atoms with E-state index in [1.54, 1.807) is 6.20 Å². The van der Waals surface area contributed by atoms with Crippen LogP contribution in [0, 0.1) is 16.7 Å². The maximum Gasteiger partial charge on any atom is 0.110 e. The van der Waals surface area contributed by atoms with Gasteiger partial charge in [0.05, 0.1) is 40.7 Å². The summed E-state index contributed by atoms with van der Waals surface area (Å²) >= 11 is 6.73. The minimum Gasteiger partial charge on any atom is -0.383 e. The van der Waals surface area contributed by atoms with Gasteiger partial charge in [0.25, 0.3) is 0 Å². The monoisotopic (exact) mass is 561 g/mol. The maximum atomic E-state index is 9.88. The number of halogens is 1. The van der Waals surface area contributed by atoms with Gasteiger partial charge in [-0.1, -0.05) is 92.2 Å². The first kappa shape index (κ1) is 26.8. The van der Waals surface area contributed by atoms with Gasteiger partial charge in [0.1, 0.15) is 11.8 Å². The number of hydrogen-bond donors (Lipinski definition) is 2. The highest BCUT2D eigenvalue weighted by Crippen LogP contribution is 2.40. The molecule has 0 unspecified atom stereocenters. The quantitative estimate of drug-likeness (QED) is 0.199. The molecular weight excluding hydrogens is 530 g/mol. The molecular formula is C33H32ClN7. The Morgan fingerprint density at radius 2 is 1.83 bits per heavy atom. The third-order valence-electron chi connectivity index (χ3n) is 7.25. The van der Waals surface area contributed by atoms with E-state index in [1.165, 1.54) is 0 Å². The van der Waals surface area contributed by atoms with Crippen molar-refractivity contribution < 1.29 is 0 Å². The van der Waals surface area contributed by atoms with Crippen LogP contribution < -0.4 is 10.6 Å². The molecule has 1 aliphatic rings. The van der Waals surface area contributed by atoms with Gasteiger partial charge in [-0.05, 0) is 47.1 Å². The van der Waals surface area contributed by atoms with E-state index in [0.29, 0.717) is 23.2 Å². The molecule has 0 saturated heterocycles. The minimum atomic E-state index is -0.330. The molecule has 1 aliphatic carbocycles. The Morgan fingerprint density at radius 3 is 2.56 bits per heavy atom. The third kappa shape index (κ3) is 5.75. The zero-order valence-corrected chi connectivity index (χ0v) is 24.2. The smallest absolute Gasteiger partial charge is 0.110 e. The second-order valence-electron chi connectivity index (χ2n) is 11.8. The molecule has 3 aromatic carbocycles. The van der Waals surface area contributed by atoms with Gasteiger partial charge in [0.2, 0.25) is 0 Å². The number of nitrogens with zero attached hydrogens (tertiary/aromatic N) is 5. The van der Waals surface area contributed by atoms with Crippen molar-refractivity contribution in [1.82, 2.24) is 20.0 Å². The summed E-state index contributed by atoms with van der Waals surface area (Å²) in [6.45, 7) is 7.14. The van der Waals surface area contributed by atoms with E-state index in [2.05, 4.69) is 78.1 Å². The average molecular weight is 562 g/mol. The SMILES string of the molecule is CC(C)(C)CNc1c(C#N)cnc2c(N[C@H](c3cn(C4CC4)nn3)c3ccccc3-c3ccccc3)cc(Cl)cc12. The first-order valence-electron chi connectivity index (χ1n) is 13.9. The highest BCUT2D eigenvalue weighted by Gasteiger charge is 2.28. The van der Waals surface area contributed by atoms with Gasteiger partial charge in [-0.2, -0.15) is 5.26 Å². The van der Waals surface area contributed by atoms with Crippen molar-refractivity contribution in [2.24, 2.45) is 5.41 Å². The van der Waals surface area contributed by atoms with E-state index in [-0.39, 0.29) is 11.5 Å². The fourth-order valence-corrected chi connectivity index (χ4v) is 5.26. The summed E-state index contributed by atoms with van der Waals surface area (Å²) < 4.78 is 1.97. The van der Waals surface area contributed by atoms with Crippen LogP contribution in [0.25, 0.3) is 22.0 Å². The van der Waals surface area contributed by atoms with Crippen LogP contribution >= 0.6 is 11.6 Å². The molecule has 41 heavy (non-hydrogen) atoms. The molecule has 2 N–H and O–H groups in total. The van der Waals surface area contributed by atoms with Gasteiger partial charge in [0, 0.05) is 23.2 Å². The van der Waals surface area contributed by atoms with Gasteiger partial charge in [0.15, 0.2) is 0 Å². The number of pyridine rings is 1. The van der Waals surface area contributed by atoms with Gasteiger partial charge >= 0.3 is 0 Å². The highest BCUT2D eigenvalue weighted by atomic mass is 35.5. The summed E-state index contributed by atoms with van der Waals surface area (Å²) in [7, 11) is 0. The molecule has 8 heteroatoms. The Hall–Kier alpha value is -4.41. The summed E-state index contributed by atoms with van der Waals surface area (Å²) in [5, 5.41) is 27.6. The Balaban J connectivity index is 1.50. The topological polar surface area (TPSA) is 91.5 Å². The van der Waals surface area contributed by atoms with E-state index in [9.17, 15) is 5.26 Å². The molecule has 206 valence electrons. The van der Waals surface area contributed by atoms with E-state index < -0.39 is 0 Å². The van der Waals surface area contributed by atoms with Crippen LogP contribution in [-0.2, 0) is 0 Å². The number of anilines is 2. The lowest BCUT2D eigenvalue weighted by atomic mass is 9.93. The van der Waals surface area contributed by atoms with Crippen LogP contribution in [-0.4, -0.2) is 26.5 Å². The molecule has 5 aromatic rings. The fraction of sp³-hybridized carbons (Fsp3) is 0.273. The minimum absolute atomic E-state index is 0.0155. The Morgan fingerprint density at radius 1 is 1.07 bits per heavy atom. The predicted octanol–water partition coefficient (Wildman–Crippen LogP) is 8.01. The van der Waals surface area contributed by atoms with Crippen LogP contribution in [0.3, 0.4) is 0 Å². The molecule has 1 saturated carbocycles. The van der Waals surface area contributed by atoms with E-state index in [4.69, 9.17) is 16.6 Å². The van der Waals surface area contributed by atoms with Crippen molar-refractivity contribution >= 4 is 33.9 Å². The number of benzene rings is 3. The molecule has 0 radical (unpaired) electrons. The zero-order valence-electron chi connectivity index (χ0n) is 23.4. The molecule has 6 rings (SSSR count). The van der Waals surface area contributed by atoms with Crippen molar-refractivity contribution in [2.45, 2.75) is 45.7 Å². The van der Waals surface area contributed by atoms with Gasteiger partial charge in [-0.15, -0.1) is 5.10 Å². The number of hydrogen-bond acceptors (Lipinski definition) is 6. The fourth-order valence-electron chi connectivity index (χ4n) is 5.04. The molecule has 2 aromatic heterocycles. The molecule has 2 heterocycles. The Labute approximate surface area is 245 Å². The van der Waals surface area contributed by atoms with Crippen LogP contribution in [0.15, 0.2) is 79.1 Å². The van der Waals surface area contributed by atoms with Crippen molar-refractivity contribution in [3.8, 4) is 17.2 Å². The standard InChI is InChI=1S/C33H32ClN7/c1-33(2,3)20-37-30-22(17-35)18-36-31-27(30)15-23(34)16-28(31)38-32(29-19-41(40-39-29)24-13-14-24)26-12-8-7-11-25(26)21-9-5-4-6-10-21/h4-12,15-16,18-19,24,32,38H,13-14,20H2,1-3H3,(H,36,37)/t32-/m0/s1. The highest BCUT2D eigenvalue weighted by molar-refractivity contribution is 6.32. The van der Waals surface area contributed by atoms with Crippen molar-refractivity contribution in [1.29, 1.82) is 5.26 Å². The van der Waals surface area contributed by atoms with E-state index in [1.807, 2.05) is 47.3 Å². The first-order valence-corrected chi connectivity index (χ1v) is 14.3. The zero-order chi connectivity index (χ0) is 28.6. The van der Waals surface area contributed by atoms with Gasteiger partial charge < -0.3 is 10.6 Å². The van der Waals surface area contributed by atoms with Gasteiger partial charge in [-0.3, -0.25) is 4.98 Å². The summed E-state index contributed by atoms with van der Waals surface area (Å²) in [5.41, 5.74) is 6.80. The lowest BCUT2D eigenvalue weighted by Crippen LogP contribution is -2.20. The summed E-state index contributed by atoms with van der Waals surface area (Å²) in [6, 6.07) is 24.8. The molecule has 0 spiro atoms. The van der Waals surface area contributed by atoms with Crippen LogP contribution in [0.2, 0.25) is 5.02 Å². The summed E-state index contributed by atoms with van der Waals surface area (Å²) in [4.78, 5) is 4.74.